The van der Waals surface area contributed by atoms with Crippen LogP contribution >= 0.6 is 0 Å². The average Bonchev–Trinajstić information content (AvgIpc) is 2.72. The van der Waals surface area contributed by atoms with Crippen LogP contribution in [0.5, 0.6) is 0 Å². The Hall–Kier alpha value is -3.40. The van der Waals surface area contributed by atoms with E-state index in [0.717, 1.165) is 24.8 Å². The van der Waals surface area contributed by atoms with Gasteiger partial charge in [-0.2, -0.15) is 0 Å². The molecule has 0 spiro atoms. The Morgan fingerprint density at radius 1 is 0.679 bits per heavy atom. The molecule has 0 saturated heterocycles. The van der Waals surface area contributed by atoms with Crippen LogP contribution < -0.4 is 10.6 Å². The maximum atomic E-state index is 12.8. The Labute approximate surface area is 164 Å². The highest BCUT2D eigenvalue weighted by Crippen LogP contribution is 2.41. The highest BCUT2D eigenvalue weighted by Gasteiger charge is 2.39. The van der Waals surface area contributed by atoms with E-state index in [1.54, 1.807) is 36.4 Å². The van der Waals surface area contributed by atoms with Crippen LogP contribution in [0, 0.1) is 0 Å². The van der Waals surface area contributed by atoms with E-state index in [2.05, 4.69) is 22.8 Å². The van der Waals surface area contributed by atoms with Crippen LogP contribution in [0.15, 0.2) is 84.9 Å². The zero-order valence-electron chi connectivity index (χ0n) is 15.5. The minimum absolute atomic E-state index is 0.0931. The molecule has 2 N–H and O–H groups in total. The van der Waals surface area contributed by atoms with E-state index in [4.69, 9.17) is 0 Å². The van der Waals surface area contributed by atoms with Gasteiger partial charge in [0.2, 0.25) is 0 Å². The summed E-state index contributed by atoms with van der Waals surface area (Å²) in [6.45, 7) is 0. The van der Waals surface area contributed by atoms with Gasteiger partial charge < -0.3 is 10.6 Å². The monoisotopic (exact) mass is 370 g/mol. The zero-order valence-corrected chi connectivity index (χ0v) is 15.5. The number of carbonyl (C=O) groups excluding carboxylic acids is 2. The lowest BCUT2D eigenvalue weighted by Crippen LogP contribution is -2.50. The molecule has 4 heteroatoms. The van der Waals surface area contributed by atoms with Crippen LogP contribution in [0.2, 0.25) is 0 Å². The van der Waals surface area contributed by atoms with E-state index in [0.29, 0.717) is 16.8 Å². The van der Waals surface area contributed by atoms with E-state index < -0.39 is 0 Å². The summed E-state index contributed by atoms with van der Waals surface area (Å²) in [4.78, 5) is 25.0. The van der Waals surface area contributed by atoms with Crippen molar-refractivity contribution in [1.82, 2.24) is 5.32 Å². The van der Waals surface area contributed by atoms with Gasteiger partial charge in [0.05, 0.1) is 5.54 Å². The number of amides is 2. The second-order valence-electron chi connectivity index (χ2n) is 7.15. The molecule has 140 valence electrons. The molecule has 4 nitrogen and oxygen atoms in total. The summed E-state index contributed by atoms with van der Waals surface area (Å²) in [5.74, 6) is -0.264. The van der Waals surface area contributed by atoms with Gasteiger partial charge in [-0.05, 0) is 61.2 Å². The minimum Gasteiger partial charge on any atom is -0.343 e. The fourth-order valence-corrected chi connectivity index (χ4v) is 3.56. The smallest absolute Gasteiger partial charge is 0.255 e. The molecule has 0 radical (unpaired) electrons. The topological polar surface area (TPSA) is 58.2 Å². The SMILES string of the molecule is O=C(Nc1ccc(C(=O)NC2(c3ccccc3)CCC2)cc1)c1ccccc1. The number of anilines is 1. The third-order valence-corrected chi connectivity index (χ3v) is 5.33. The van der Waals surface area contributed by atoms with Crippen LogP contribution in [-0.4, -0.2) is 11.8 Å². The first-order valence-corrected chi connectivity index (χ1v) is 9.51. The second kappa shape index (κ2) is 7.69. The number of rotatable bonds is 5. The number of carbonyl (C=O) groups is 2. The largest absolute Gasteiger partial charge is 0.343 e. The van der Waals surface area contributed by atoms with Crippen LogP contribution in [0.1, 0.15) is 45.5 Å². The normalized spacial score (nSPS) is 14.6. The van der Waals surface area contributed by atoms with Gasteiger partial charge in [0.15, 0.2) is 0 Å². The first-order chi connectivity index (χ1) is 13.7. The van der Waals surface area contributed by atoms with Crippen molar-refractivity contribution in [1.29, 1.82) is 0 Å². The van der Waals surface area contributed by atoms with Gasteiger partial charge in [0.25, 0.3) is 11.8 Å². The van der Waals surface area contributed by atoms with Gasteiger partial charge in [-0.1, -0.05) is 48.5 Å². The second-order valence-corrected chi connectivity index (χ2v) is 7.15. The van der Waals surface area contributed by atoms with Crippen LogP contribution in [0.4, 0.5) is 5.69 Å². The average molecular weight is 370 g/mol. The molecular formula is C24H22N2O2. The highest BCUT2D eigenvalue weighted by atomic mass is 16.2. The summed E-state index contributed by atoms with van der Waals surface area (Å²) in [5.41, 5.74) is 2.73. The molecular weight excluding hydrogens is 348 g/mol. The molecule has 1 aliphatic rings. The minimum atomic E-state index is -0.265. The molecule has 3 aromatic rings. The molecule has 0 aromatic heterocycles. The van der Waals surface area contributed by atoms with Crippen molar-refractivity contribution in [3.63, 3.8) is 0 Å². The van der Waals surface area contributed by atoms with Gasteiger partial charge in [-0.3, -0.25) is 9.59 Å². The fraction of sp³-hybridized carbons (Fsp3) is 0.167. The molecule has 0 unspecified atom stereocenters. The molecule has 1 fully saturated rings. The van der Waals surface area contributed by atoms with E-state index in [-0.39, 0.29) is 17.4 Å². The van der Waals surface area contributed by atoms with Crippen molar-refractivity contribution in [3.8, 4) is 0 Å². The predicted molar refractivity (Wildman–Crippen MR) is 110 cm³/mol. The molecule has 2 amide bonds. The maximum Gasteiger partial charge on any atom is 0.255 e. The van der Waals surface area contributed by atoms with Crippen LogP contribution in [0.3, 0.4) is 0 Å². The van der Waals surface area contributed by atoms with E-state index in [1.165, 1.54) is 0 Å². The number of benzene rings is 3. The third-order valence-electron chi connectivity index (χ3n) is 5.33. The quantitative estimate of drug-likeness (QED) is 0.681. The third kappa shape index (κ3) is 3.67. The zero-order chi connectivity index (χ0) is 19.4. The van der Waals surface area contributed by atoms with Crippen molar-refractivity contribution in [2.24, 2.45) is 0 Å². The number of nitrogens with one attached hydrogen (secondary N) is 2. The predicted octanol–water partition coefficient (Wildman–Crippen LogP) is 4.75. The summed E-state index contributed by atoms with van der Waals surface area (Å²) in [5, 5.41) is 6.07. The molecule has 1 aliphatic carbocycles. The van der Waals surface area contributed by atoms with E-state index in [1.807, 2.05) is 36.4 Å². The summed E-state index contributed by atoms with van der Waals surface area (Å²) in [6.07, 6.45) is 3.02. The fourth-order valence-electron chi connectivity index (χ4n) is 3.56. The van der Waals surface area contributed by atoms with Crippen molar-refractivity contribution >= 4 is 17.5 Å². The van der Waals surface area contributed by atoms with Crippen molar-refractivity contribution < 1.29 is 9.59 Å². The highest BCUT2D eigenvalue weighted by molar-refractivity contribution is 6.04. The lowest BCUT2D eigenvalue weighted by molar-refractivity contribution is 0.0823. The van der Waals surface area contributed by atoms with Crippen LogP contribution in [-0.2, 0) is 5.54 Å². The molecule has 4 rings (SSSR count). The first-order valence-electron chi connectivity index (χ1n) is 9.51. The van der Waals surface area contributed by atoms with Gasteiger partial charge in [-0.15, -0.1) is 0 Å². The van der Waals surface area contributed by atoms with E-state index in [9.17, 15) is 9.59 Å². The van der Waals surface area contributed by atoms with E-state index >= 15 is 0 Å². The molecule has 3 aromatic carbocycles. The van der Waals surface area contributed by atoms with Gasteiger partial charge >= 0.3 is 0 Å². The van der Waals surface area contributed by atoms with Crippen molar-refractivity contribution in [3.05, 3.63) is 102 Å². The Balaban J connectivity index is 1.44. The van der Waals surface area contributed by atoms with Gasteiger partial charge in [0, 0.05) is 16.8 Å². The lowest BCUT2D eigenvalue weighted by Gasteiger charge is -2.43. The van der Waals surface area contributed by atoms with Crippen molar-refractivity contribution in [2.75, 3.05) is 5.32 Å². The molecule has 0 bridgehead atoms. The first kappa shape index (κ1) is 18.0. The van der Waals surface area contributed by atoms with Crippen LogP contribution in [0.25, 0.3) is 0 Å². The summed E-state index contributed by atoms with van der Waals surface area (Å²) in [6, 6.07) is 26.2. The maximum absolute atomic E-state index is 12.8. The standard InChI is InChI=1S/C24H22N2O2/c27-22(18-8-3-1-4-9-18)25-21-14-12-19(13-15-21)23(28)26-24(16-7-17-24)20-10-5-2-6-11-20/h1-6,8-15H,7,16-17H2,(H,25,27)(H,26,28). The Kier molecular flexibility index (Phi) is 4.94. The Morgan fingerprint density at radius 2 is 1.25 bits per heavy atom. The van der Waals surface area contributed by atoms with Gasteiger partial charge in [-0.25, -0.2) is 0 Å². The molecule has 0 heterocycles. The molecule has 0 atom stereocenters. The van der Waals surface area contributed by atoms with Crippen molar-refractivity contribution in [2.45, 2.75) is 24.8 Å². The summed E-state index contributed by atoms with van der Waals surface area (Å²) in [7, 11) is 0. The number of hydrogen-bond acceptors (Lipinski definition) is 2. The van der Waals surface area contributed by atoms with Gasteiger partial charge in [0.1, 0.15) is 0 Å². The Bertz CT molecular complexity index is 963. The summed E-state index contributed by atoms with van der Waals surface area (Å²) < 4.78 is 0. The molecule has 1 saturated carbocycles. The number of hydrogen-bond donors (Lipinski definition) is 2. The lowest BCUT2D eigenvalue weighted by atomic mass is 9.71. The summed E-state index contributed by atoms with van der Waals surface area (Å²) >= 11 is 0. The molecule has 28 heavy (non-hydrogen) atoms. The Morgan fingerprint density at radius 3 is 1.82 bits per heavy atom. The molecule has 0 aliphatic heterocycles.